The van der Waals surface area contributed by atoms with E-state index in [1.807, 2.05) is 55.5 Å². The fourth-order valence-electron chi connectivity index (χ4n) is 2.53. The molecule has 2 rings (SSSR count). The lowest BCUT2D eigenvalue weighted by Crippen LogP contribution is -2.34. The van der Waals surface area contributed by atoms with Crippen LogP contribution in [0.2, 0.25) is 0 Å². The molecule has 0 heterocycles. The number of guanidine groups is 1. The number of nitrogens with zero attached hydrogens (tertiary/aromatic N) is 1. The molecule has 0 aliphatic carbocycles. The molecule has 2 aromatic carbocycles. The van der Waals surface area contributed by atoms with E-state index >= 15 is 0 Å². The molecule has 0 aliphatic rings. The summed E-state index contributed by atoms with van der Waals surface area (Å²) in [6, 6.07) is 15.8. The van der Waals surface area contributed by atoms with E-state index in [0.717, 1.165) is 11.3 Å². The first kappa shape index (κ1) is 19.6. The maximum absolute atomic E-state index is 5.58. The van der Waals surface area contributed by atoms with Crippen molar-refractivity contribution in [3.63, 3.8) is 0 Å². The zero-order valence-electron chi connectivity index (χ0n) is 15.8. The normalized spacial score (nSPS) is 12.4. The Balaban J connectivity index is 2.01. The molecule has 0 amide bonds. The summed E-state index contributed by atoms with van der Waals surface area (Å²) in [4.78, 5) is 4.26. The fourth-order valence-corrected chi connectivity index (χ4v) is 2.53. The summed E-state index contributed by atoms with van der Waals surface area (Å²) >= 11 is 0. The van der Waals surface area contributed by atoms with Crippen molar-refractivity contribution in [2.45, 2.75) is 13.0 Å². The Kier molecular flexibility index (Phi) is 7.76. The Bertz CT molecular complexity index is 705. The zero-order chi connectivity index (χ0) is 18.8. The highest BCUT2D eigenvalue weighted by Gasteiger charge is 2.11. The van der Waals surface area contributed by atoms with Gasteiger partial charge in [-0.25, -0.2) is 0 Å². The van der Waals surface area contributed by atoms with Gasteiger partial charge in [-0.3, -0.25) is 4.99 Å². The Labute approximate surface area is 155 Å². The van der Waals surface area contributed by atoms with Crippen LogP contribution in [0.5, 0.6) is 11.5 Å². The topological polar surface area (TPSA) is 64.1 Å². The van der Waals surface area contributed by atoms with Gasteiger partial charge in [-0.1, -0.05) is 30.3 Å². The largest absolute Gasteiger partial charge is 0.493 e. The molecule has 0 saturated heterocycles. The van der Waals surface area contributed by atoms with Crippen molar-refractivity contribution in [3.05, 3.63) is 54.1 Å². The minimum absolute atomic E-state index is 0.0652. The molecule has 0 bridgehead atoms. The third-order valence-corrected chi connectivity index (χ3v) is 3.86. The molecule has 0 spiro atoms. The van der Waals surface area contributed by atoms with Crippen molar-refractivity contribution in [1.29, 1.82) is 0 Å². The van der Waals surface area contributed by atoms with Gasteiger partial charge in [0.2, 0.25) is 0 Å². The number of ether oxygens (including phenoxy) is 3. The average molecular weight is 357 g/mol. The molecule has 140 valence electrons. The van der Waals surface area contributed by atoms with Crippen LogP contribution in [0, 0.1) is 0 Å². The summed E-state index contributed by atoms with van der Waals surface area (Å²) in [5, 5.41) is 6.54. The highest BCUT2D eigenvalue weighted by Crippen LogP contribution is 2.30. The SMILES string of the molecule is CCOc1ccc(NC(=NC)NCC(OC)c2ccccc2)cc1OC. The number of hydrogen-bond donors (Lipinski definition) is 2. The Morgan fingerprint density at radius 2 is 1.85 bits per heavy atom. The first-order valence-corrected chi connectivity index (χ1v) is 8.58. The molecular formula is C20H27N3O3. The lowest BCUT2D eigenvalue weighted by molar-refractivity contribution is 0.106. The summed E-state index contributed by atoms with van der Waals surface area (Å²) < 4.78 is 16.5. The number of nitrogens with one attached hydrogen (secondary N) is 2. The first-order chi connectivity index (χ1) is 12.7. The van der Waals surface area contributed by atoms with Crippen LogP contribution in [0.25, 0.3) is 0 Å². The Hall–Kier alpha value is -2.73. The zero-order valence-corrected chi connectivity index (χ0v) is 15.8. The summed E-state index contributed by atoms with van der Waals surface area (Å²) in [5.74, 6) is 2.03. The summed E-state index contributed by atoms with van der Waals surface area (Å²) in [7, 11) is 5.05. The number of rotatable bonds is 8. The van der Waals surface area contributed by atoms with Gasteiger partial charge in [-0.05, 0) is 24.6 Å². The van der Waals surface area contributed by atoms with Crippen molar-refractivity contribution < 1.29 is 14.2 Å². The van der Waals surface area contributed by atoms with Crippen molar-refractivity contribution in [2.75, 3.05) is 39.7 Å². The van der Waals surface area contributed by atoms with Crippen LogP contribution in [0.15, 0.2) is 53.5 Å². The second-order valence-corrected chi connectivity index (χ2v) is 5.51. The first-order valence-electron chi connectivity index (χ1n) is 8.58. The fraction of sp³-hybridized carbons (Fsp3) is 0.350. The summed E-state index contributed by atoms with van der Waals surface area (Å²) in [5.41, 5.74) is 1.97. The van der Waals surface area contributed by atoms with Gasteiger partial charge in [-0.2, -0.15) is 0 Å². The van der Waals surface area contributed by atoms with Crippen molar-refractivity contribution in [1.82, 2.24) is 5.32 Å². The maximum Gasteiger partial charge on any atom is 0.195 e. The van der Waals surface area contributed by atoms with Crippen LogP contribution in [-0.2, 0) is 4.74 Å². The van der Waals surface area contributed by atoms with Gasteiger partial charge in [0.15, 0.2) is 17.5 Å². The Morgan fingerprint density at radius 1 is 1.08 bits per heavy atom. The average Bonchev–Trinajstić information content (AvgIpc) is 2.69. The van der Waals surface area contributed by atoms with Crippen LogP contribution < -0.4 is 20.1 Å². The molecule has 0 radical (unpaired) electrons. The van der Waals surface area contributed by atoms with E-state index in [0.29, 0.717) is 30.6 Å². The molecule has 0 aliphatic heterocycles. The van der Waals surface area contributed by atoms with Gasteiger partial charge in [0, 0.05) is 32.5 Å². The van der Waals surface area contributed by atoms with E-state index < -0.39 is 0 Å². The molecule has 1 unspecified atom stereocenters. The van der Waals surface area contributed by atoms with Gasteiger partial charge in [-0.15, -0.1) is 0 Å². The van der Waals surface area contributed by atoms with Crippen LogP contribution in [0.1, 0.15) is 18.6 Å². The molecule has 0 saturated carbocycles. The standard InChI is InChI=1S/C20H27N3O3/c1-5-26-17-12-11-16(13-18(17)24-3)23-20(21-2)22-14-19(25-4)15-9-7-6-8-10-15/h6-13,19H,5,14H2,1-4H3,(H2,21,22,23). The van der Waals surface area contributed by atoms with E-state index in [4.69, 9.17) is 14.2 Å². The predicted molar refractivity (Wildman–Crippen MR) is 105 cm³/mol. The molecule has 26 heavy (non-hydrogen) atoms. The van der Waals surface area contributed by atoms with Crippen molar-refractivity contribution in [2.24, 2.45) is 4.99 Å². The van der Waals surface area contributed by atoms with Crippen molar-refractivity contribution >= 4 is 11.6 Å². The van der Waals surface area contributed by atoms with Gasteiger partial charge in [0.05, 0.1) is 19.8 Å². The highest BCUT2D eigenvalue weighted by molar-refractivity contribution is 5.93. The minimum atomic E-state index is -0.0652. The molecule has 2 N–H and O–H groups in total. The second kappa shape index (κ2) is 10.3. The summed E-state index contributed by atoms with van der Waals surface area (Å²) in [6.45, 7) is 3.12. The molecule has 6 heteroatoms. The van der Waals surface area contributed by atoms with Crippen LogP contribution in [0.4, 0.5) is 5.69 Å². The minimum Gasteiger partial charge on any atom is -0.493 e. The monoisotopic (exact) mass is 357 g/mol. The van der Waals surface area contributed by atoms with Crippen molar-refractivity contribution in [3.8, 4) is 11.5 Å². The van der Waals surface area contributed by atoms with Gasteiger partial charge in [0.1, 0.15) is 0 Å². The smallest absolute Gasteiger partial charge is 0.195 e. The lowest BCUT2D eigenvalue weighted by Gasteiger charge is -2.19. The number of methoxy groups -OCH3 is 2. The van der Waals surface area contributed by atoms with Crippen LogP contribution in [0.3, 0.4) is 0 Å². The molecular weight excluding hydrogens is 330 g/mol. The number of benzene rings is 2. The quantitative estimate of drug-likeness (QED) is 0.559. The van der Waals surface area contributed by atoms with E-state index in [9.17, 15) is 0 Å². The lowest BCUT2D eigenvalue weighted by atomic mass is 10.1. The van der Waals surface area contributed by atoms with E-state index in [2.05, 4.69) is 15.6 Å². The van der Waals surface area contributed by atoms with E-state index in [1.165, 1.54) is 0 Å². The third kappa shape index (κ3) is 5.39. The van der Waals surface area contributed by atoms with E-state index in [-0.39, 0.29) is 6.10 Å². The molecule has 6 nitrogen and oxygen atoms in total. The van der Waals surface area contributed by atoms with Gasteiger partial charge in [0.25, 0.3) is 0 Å². The molecule has 0 aromatic heterocycles. The predicted octanol–water partition coefficient (Wildman–Crippen LogP) is 3.47. The molecule has 2 aromatic rings. The number of anilines is 1. The Morgan fingerprint density at radius 3 is 2.46 bits per heavy atom. The van der Waals surface area contributed by atoms with Crippen LogP contribution >= 0.6 is 0 Å². The number of hydrogen-bond acceptors (Lipinski definition) is 4. The highest BCUT2D eigenvalue weighted by atomic mass is 16.5. The third-order valence-electron chi connectivity index (χ3n) is 3.86. The van der Waals surface area contributed by atoms with Gasteiger partial charge < -0.3 is 24.8 Å². The van der Waals surface area contributed by atoms with Gasteiger partial charge >= 0.3 is 0 Å². The molecule has 1 atom stereocenters. The maximum atomic E-state index is 5.58. The summed E-state index contributed by atoms with van der Waals surface area (Å²) in [6.07, 6.45) is -0.0652. The molecule has 0 fully saturated rings. The van der Waals surface area contributed by atoms with Crippen LogP contribution in [-0.4, -0.2) is 40.4 Å². The van der Waals surface area contributed by atoms with E-state index in [1.54, 1.807) is 21.3 Å². The number of aliphatic imine (C=N–C) groups is 1. The second-order valence-electron chi connectivity index (χ2n) is 5.51.